The number of nitrogens with zero attached hydrogens (tertiary/aromatic N) is 2. The molecular weight excluding hydrogens is 433 g/mol. The van der Waals surface area contributed by atoms with Gasteiger partial charge in [0.25, 0.3) is 5.91 Å². The molecule has 0 unspecified atom stereocenters. The lowest BCUT2D eigenvalue weighted by molar-refractivity contribution is -0.219. The van der Waals surface area contributed by atoms with Crippen molar-refractivity contribution in [1.82, 2.24) is 14.9 Å². The molecule has 6 nitrogen and oxygen atoms in total. The standard InChI is InChI=1S/C27H26FN3O3/c1-15-9-17(6-7-20(15)28)24(32)31-13-19(25(33)34-27-10-16(11-27)12-27)22-21(26(2,3)14-31)18-5-4-8-29-23(18)30-22/h4-9,13,16H,10-12,14H2,1-3H3,(H,29,30). The smallest absolute Gasteiger partial charge is 0.342 e. The third kappa shape index (κ3) is 3.10. The number of rotatable bonds is 3. The molecule has 3 saturated carbocycles. The molecule has 3 aliphatic carbocycles. The molecule has 0 spiro atoms. The molecule has 0 radical (unpaired) electrons. The second kappa shape index (κ2) is 7.01. The Labute approximate surface area is 196 Å². The molecule has 7 rings (SSSR count). The van der Waals surface area contributed by atoms with E-state index in [1.54, 1.807) is 30.3 Å². The summed E-state index contributed by atoms with van der Waals surface area (Å²) in [6.07, 6.45) is 6.04. The van der Waals surface area contributed by atoms with E-state index in [0.717, 1.165) is 30.2 Å². The van der Waals surface area contributed by atoms with Crippen molar-refractivity contribution in [3.05, 3.63) is 70.9 Å². The average molecular weight is 460 g/mol. The Bertz CT molecular complexity index is 1390. The zero-order chi connectivity index (χ0) is 23.8. The Morgan fingerprint density at radius 1 is 1.21 bits per heavy atom. The van der Waals surface area contributed by atoms with Gasteiger partial charge in [-0.05, 0) is 73.6 Å². The quantitative estimate of drug-likeness (QED) is 0.567. The van der Waals surface area contributed by atoms with Crippen LogP contribution in [-0.4, -0.2) is 38.9 Å². The van der Waals surface area contributed by atoms with Crippen LogP contribution in [0, 0.1) is 18.7 Å². The topological polar surface area (TPSA) is 75.3 Å². The van der Waals surface area contributed by atoms with Crippen LogP contribution >= 0.6 is 0 Å². The molecule has 2 bridgehead atoms. The number of nitrogens with one attached hydrogen (secondary N) is 1. The van der Waals surface area contributed by atoms with Gasteiger partial charge in [0.1, 0.15) is 17.1 Å². The summed E-state index contributed by atoms with van der Waals surface area (Å²) in [5, 5.41) is 0.915. The first-order valence-electron chi connectivity index (χ1n) is 11.7. The van der Waals surface area contributed by atoms with Crippen molar-refractivity contribution in [3.8, 4) is 0 Å². The largest absolute Gasteiger partial charge is 0.455 e. The second-order valence-electron chi connectivity index (χ2n) is 10.6. The second-order valence-corrected chi connectivity index (χ2v) is 10.6. The van der Waals surface area contributed by atoms with Crippen LogP contribution in [0.1, 0.15) is 60.3 Å². The zero-order valence-corrected chi connectivity index (χ0v) is 19.4. The van der Waals surface area contributed by atoms with Crippen molar-refractivity contribution >= 4 is 28.5 Å². The highest BCUT2D eigenvalue weighted by Crippen LogP contribution is 2.60. The van der Waals surface area contributed by atoms with Gasteiger partial charge < -0.3 is 14.6 Å². The Morgan fingerprint density at radius 2 is 1.97 bits per heavy atom. The van der Waals surface area contributed by atoms with Gasteiger partial charge in [-0.3, -0.25) is 4.79 Å². The highest BCUT2D eigenvalue weighted by Gasteiger charge is 2.60. The first-order chi connectivity index (χ1) is 16.2. The summed E-state index contributed by atoms with van der Waals surface area (Å²) in [7, 11) is 0. The summed E-state index contributed by atoms with van der Waals surface area (Å²) in [4.78, 5) is 36.4. The number of hydrogen-bond acceptors (Lipinski definition) is 4. The SMILES string of the molecule is Cc1cc(C(=O)N2C=C(C(=O)OC34CC(C3)C4)c3[nH]c4ncccc4c3C(C)(C)C2)ccc1F. The van der Waals surface area contributed by atoms with Crippen LogP contribution in [0.2, 0.25) is 0 Å². The van der Waals surface area contributed by atoms with E-state index in [4.69, 9.17) is 4.74 Å². The first-order valence-corrected chi connectivity index (χ1v) is 11.7. The van der Waals surface area contributed by atoms with Gasteiger partial charge in [0, 0.05) is 35.3 Å². The number of carbonyl (C=O) groups is 2. The summed E-state index contributed by atoms with van der Waals surface area (Å²) in [5.74, 6) is -0.418. The van der Waals surface area contributed by atoms with Gasteiger partial charge in [-0.2, -0.15) is 0 Å². The predicted molar refractivity (Wildman–Crippen MR) is 125 cm³/mol. The number of carbonyl (C=O) groups excluding carboxylic acids is 2. The summed E-state index contributed by atoms with van der Waals surface area (Å²) >= 11 is 0. The van der Waals surface area contributed by atoms with Gasteiger partial charge in [0.2, 0.25) is 0 Å². The number of halogens is 1. The van der Waals surface area contributed by atoms with Crippen LogP contribution in [0.4, 0.5) is 4.39 Å². The minimum atomic E-state index is -0.504. The van der Waals surface area contributed by atoms with E-state index in [0.29, 0.717) is 40.5 Å². The van der Waals surface area contributed by atoms with Crippen molar-refractivity contribution in [3.63, 3.8) is 0 Å². The van der Waals surface area contributed by atoms with Gasteiger partial charge in [-0.25, -0.2) is 14.2 Å². The Kier molecular flexibility index (Phi) is 4.35. The van der Waals surface area contributed by atoms with Crippen LogP contribution in [-0.2, 0) is 14.9 Å². The van der Waals surface area contributed by atoms with Crippen molar-refractivity contribution in [1.29, 1.82) is 0 Å². The first kappa shape index (κ1) is 21.1. The van der Waals surface area contributed by atoms with Gasteiger partial charge in [0.15, 0.2) is 0 Å². The number of hydrogen-bond donors (Lipinski definition) is 1. The molecule has 4 aliphatic rings. The van der Waals surface area contributed by atoms with Gasteiger partial charge in [0.05, 0.1) is 11.3 Å². The number of fused-ring (bicyclic) bond motifs is 3. The Morgan fingerprint density at radius 3 is 2.65 bits per heavy atom. The highest BCUT2D eigenvalue weighted by atomic mass is 19.1. The number of ether oxygens (including phenoxy) is 1. The number of aryl methyl sites for hydroxylation is 1. The third-order valence-corrected chi connectivity index (χ3v) is 7.54. The van der Waals surface area contributed by atoms with Crippen molar-refractivity contribution < 1.29 is 18.7 Å². The minimum Gasteiger partial charge on any atom is -0.455 e. The van der Waals surface area contributed by atoms with Crippen LogP contribution in [0.25, 0.3) is 16.6 Å². The van der Waals surface area contributed by atoms with E-state index in [1.807, 2.05) is 26.0 Å². The molecule has 3 aromatic rings. The maximum atomic E-state index is 13.8. The number of pyridine rings is 1. The molecule has 2 aromatic heterocycles. The summed E-state index contributed by atoms with van der Waals surface area (Å²) in [6.45, 7) is 6.06. The van der Waals surface area contributed by atoms with E-state index in [2.05, 4.69) is 9.97 Å². The lowest BCUT2D eigenvalue weighted by Crippen LogP contribution is -2.60. The van der Waals surface area contributed by atoms with Crippen molar-refractivity contribution in [2.75, 3.05) is 6.54 Å². The molecule has 3 fully saturated rings. The van der Waals surface area contributed by atoms with E-state index in [9.17, 15) is 14.0 Å². The third-order valence-electron chi connectivity index (χ3n) is 7.54. The molecule has 1 aromatic carbocycles. The Balaban J connectivity index is 1.47. The fourth-order valence-electron chi connectivity index (χ4n) is 5.70. The molecule has 0 saturated heterocycles. The van der Waals surface area contributed by atoms with Crippen LogP contribution < -0.4 is 0 Å². The molecule has 1 aliphatic heterocycles. The average Bonchev–Trinajstić information content (AvgIpc) is 3.09. The van der Waals surface area contributed by atoms with E-state index < -0.39 is 11.4 Å². The number of aromatic amines is 1. The molecule has 7 heteroatoms. The lowest BCUT2D eigenvalue weighted by Gasteiger charge is -2.59. The molecule has 0 atom stereocenters. The maximum Gasteiger partial charge on any atom is 0.342 e. The lowest BCUT2D eigenvalue weighted by atomic mass is 9.52. The normalized spacial score (nSPS) is 24.4. The van der Waals surface area contributed by atoms with Gasteiger partial charge in [-0.1, -0.05) is 13.8 Å². The van der Waals surface area contributed by atoms with E-state index in [1.165, 1.54) is 12.1 Å². The number of amides is 1. The molecule has 34 heavy (non-hydrogen) atoms. The monoisotopic (exact) mass is 459 g/mol. The maximum absolute atomic E-state index is 13.8. The van der Waals surface area contributed by atoms with Gasteiger partial charge in [-0.15, -0.1) is 0 Å². The number of H-pyrrole nitrogens is 1. The van der Waals surface area contributed by atoms with E-state index >= 15 is 0 Å². The van der Waals surface area contributed by atoms with E-state index in [-0.39, 0.29) is 17.3 Å². The molecule has 174 valence electrons. The molecular formula is C27H26FN3O3. The minimum absolute atomic E-state index is 0.292. The molecule has 1 N–H and O–H groups in total. The number of aromatic nitrogens is 2. The number of esters is 1. The van der Waals surface area contributed by atoms with Crippen LogP contribution in [0.5, 0.6) is 0 Å². The van der Waals surface area contributed by atoms with Crippen molar-refractivity contribution in [2.45, 2.75) is 51.0 Å². The molecule has 1 amide bonds. The predicted octanol–water partition coefficient (Wildman–Crippen LogP) is 4.88. The summed E-state index contributed by atoms with van der Waals surface area (Å²) in [6, 6.07) is 8.17. The Hall–Kier alpha value is -3.48. The fraction of sp³-hybridized carbons (Fsp3) is 0.370. The summed E-state index contributed by atoms with van der Waals surface area (Å²) < 4.78 is 19.8. The number of benzene rings is 1. The van der Waals surface area contributed by atoms with Crippen molar-refractivity contribution in [2.24, 2.45) is 5.92 Å². The highest BCUT2D eigenvalue weighted by molar-refractivity contribution is 6.18. The van der Waals surface area contributed by atoms with Crippen LogP contribution in [0.3, 0.4) is 0 Å². The zero-order valence-electron chi connectivity index (χ0n) is 19.4. The summed E-state index contributed by atoms with van der Waals surface area (Å²) in [5.41, 5.74) is 2.50. The fourth-order valence-corrected chi connectivity index (χ4v) is 5.70. The molecule has 3 heterocycles. The van der Waals surface area contributed by atoms with Gasteiger partial charge >= 0.3 is 5.97 Å². The van der Waals surface area contributed by atoms with Crippen LogP contribution in [0.15, 0.2) is 42.7 Å².